The quantitative estimate of drug-likeness (QED) is 0.427. The molecule has 1 unspecified atom stereocenters. The van der Waals surface area contributed by atoms with Crippen LogP contribution in [0, 0.1) is 11.3 Å². The van der Waals surface area contributed by atoms with Crippen molar-refractivity contribution < 1.29 is 14.2 Å². The van der Waals surface area contributed by atoms with E-state index in [1.165, 1.54) is 0 Å². The first-order chi connectivity index (χ1) is 18.2. The molecule has 0 aliphatic carbocycles. The lowest BCUT2D eigenvalue weighted by molar-refractivity contribution is 0.0339. The zero-order chi connectivity index (χ0) is 25.4. The van der Waals surface area contributed by atoms with Crippen molar-refractivity contribution in [3.8, 4) is 29.0 Å². The number of fused-ring (bicyclic) bond motifs is 2. The van der Waals surface area contributed by atoms with E-state index in [1.807, 2.05) is 24.3 Å². The minimum Gasteiger partial charge on any atom is -0.496 e. The first-order valence-electron chi connectivity index (χ1n) is 12.3. The summed E-state index contributed by atoms with van der Waals surface area (Å²) < 4.78 is 17.0. The number of allylic oxidation sites excluding steroid dienone is 1. The van der Waals surface area contributed by atoms with E-state index in [0.717, 1.165) is 64.1 Å². The van der Waals surface area contributed by atoms with Crippen LogP contribution >= 0.6 is 0 Å². The van der Waals surface area contributed by atoms with Crippen LogP contribution in [-0.2, 0) is 11.3 Å². The van der Waals surface area contributed by atoms with Gasteiger partial charge < -0.3 is 19.9 Å². The Balaban J connectivity index is 1.47. The lowest BCUT2D eigenvalue weighted by atomic mass is 9.82. The van der Waals surface area contributed by atoms with Crippen molar-refractivity contribution in [1.82, 2.24) is 15.1 Å². The summed E-state index contributed by atoms with van der Waals surface area (Å²) in [6, 6.07) is 22.8. The van der Waals surface area contributed by atoms with Gasteiger partial charge in [0.1, 0.15) is 17.4 Å². The molecule has 0 radical (unpaired) electrons. The number of nitrogens with one attached hydrogen (secondary N) is 1. The van der Waals surface area contributed by atoms with Crippen LogP contribution in [0.2, 0.25) is 0 Å². The molecule has 1 fully saturated rings. The maximum Gasteiger partial charge on any atom is 0.244 e. The predicted octanol–water partition coefficient (Wildman–Crippen LogP) is 4.29. The van der Waals surface area contributed by atoms with Crippen LogP contribution in [-0.4, -0.2) is 48.5 Å². The summed E-state index contributed by atoms with van der Waals surface area (Å²) in [4.78, 5) is 2.34. The van der Waals surface area contributed by atoms with Gasteiger partial charge in [-0.15, -0.1) is 5.10 Å². The number of H-pyrrole nitrogens is 1. The Hall–Kier alpha value is -4.32. The van der Waals surface area contributed by atoms with Crippen molar-refractivity contribution in [1.29, 1.82) is 5.26 Å². The van der Waals surface area contributed by atoms with E-state index in [4.69, 9.17) is 19.9 Å². The number of nitrogens with zero attached hydrogens (tertiary/aromatic N) is 3. The minimum atomic E-state index is -0.441. The number of nitriles is 1. The topological polar surface area (TPSA) is 109 Å². The Kier molecular flexibility index (Phi) is 6.01. The van der Waals surface area contributed by atoms with Crippen molar-refractivity contribution in [3.63, 3.8) is 0 Å². The predicted molar refractivity (Wildman–Crippen MR) is 140 cm³/mol. The van der Waals surface area contributed by atoms with Crippen LogP contribution in [0.5, 0.6) is 11.6 Å². The summed E-state index contributed by atoms with van der Waals surface area (Å²) in [5, 5.41) is 20.0. The summed E-state index contributed by atoms with van der Waals surface area (Å²) in [5.74, 6) is 0.820. The summed E-state index contributed by atoms with van der Waals surface area (Å²) in [7, 11) is 1.68. The summed E-state index contributed by atoms with van der Waals surface area (Å²) >= 11 is 0. The van der Waals surface area contributed by atoms with Gasteiger partial charge in [-0.2, -0.15) is 5.26 Å². The fourth-order valence-corrected chi connectivity index (χ4v) is 5.25. The van der Waals surface area contributed by atoms with Crippen LogP contribution in [0.3, 0.4) is 0 Å². The molecule has 3 N–H and O–H groups in total. The van der Waals surface area contributed by atoms with Crippen LogP contribution < -0.4 is 15.2 Å². The number of hydrogen-bond acceptors (Lipinski definition) is 7. The maximum atomic E-state index is 10.1. The maximum absolute atomic E-state index is 10.1. The first-order valence-corrected chi connectivity index (χ1v) is 12.3. The van der Waals surface area contributed by atoms with Crippen LogP contribution in [0.4, 0.5) is 0 Å². The van der Waals surface area contributed by atoms with Crippen LogP contribution in [0.1, 0.15) is 22.6 Å². The van der Waals surface area contributed by atoms with E-state index in [1.54, 1.807) is 7.11 Å². The first kappa shape index (κ1) is 23.1. The zero-order valence-corrected chi connectivity index (χ0v) is 20.5. The van der Waals surface area contributed by atoms with Gasteiger partial charge in [0, 0.05) is 30.8 Å². The second-order valence-electron chi connectivity index (χ2n) is 9.26. The van der Waals surface area contributed by atoms with Crippen molar-refractivity contribution >= 4 is 10.8 Å². The molecule has 8 heteroatoms. The number of methoxy groups -OCH3 is 1. The third kappa shape index (κ3) is 4.18. The molecule has 37 heavy (non-hydrogen) atoms. The van der Waals surface area contributed by atoms with Crippen LogP contribution in [0.25, 0.3) is 22.0 Å². The molecule has 8 nitrogen and oxygen atoms in total. The smallest absolute Gasteiger partial charge is 0.244 e. The SMILES string of the molecule is COc1ccc(C2C(C#N)=C(N)Oc3n[nH]c(-c4ccc5ccccc5c4)c32)cc1CN1CCOCC1. The monoisotopic (exact) mass is 493 g/mol. The number of aromatic amines is 1. The number of nitrogens with two attached hydrogens (primary N) is 1. The molecule has 6 rings (SSSR count). The fourth-order valence-electron chi connectivity index (χ4n) is 5.25. The van der Waals surface area contributed by atoms with E-state index in [2.05, 4.69) is 57.6 Å². The van der Waals surface area contributed by atoms with E-state index < -0.39 is 5.92 Å². The van der Waals surface area contributed by atoms with Gasteiger partial charge in [0.15, 0.2) is 0 Å². The summed E-state index contributed by atoms with van der Waals surface area (Å²) in [6.07, 6.45) is 0. The third-order valence-electron chi connectivity index (χ3n) is 7.11. The average Bonchev–Trinajstić information content (AvgIpc) is 3.36. The second kappa shape index (κ2) is 9.62. The Morgan fingerprint density at radius 3 is 2.70 bits per heavy atom. The standard InChI is InChI=1S/C29H27N5O3/c1-35-24-9-8-20(15-22(24)17-34-10-12-36-13-11-34)25-23(16-30)28(31)37-29-26(25)27(32-33-29)21-7-6-18-4-2-3-5-19(18)14-21/h2-9,14-15,25H,10-13,17,31H2,1H3,(H,32,33). The van der Waals surface area contributed by atoms with E-state index >= 15 is 0 Å². The highest BCUT2D eigenvalue weighted by molar-refractivity contribution is 5.87. The highest BCUT2D eigenvalue weighted by Gasteiger charge is 2.36. The van der Waals surface area contributed by atoms with E-state index in [0.29, 0.717) is 24.7 Å². The van der Waals surface area contributed by atoms with Crippen molar-refractivity contribution in [2.75, 3.05) is 33.4 Å². The lowest BCUT2D eigenvalue weighted by Crippen LogP contribution is -2.35. The molecule has 0 amide bonds. The molecule has 4 aromatic rings. The van der Waals surface area contributed by atoms with Gasteiger partial charge >= 0.3 is 0 Å². The number of benzene rings is 3. The highest BCUT2D eigenvalue weighted by atomic mass is 16.5. The van der Waals surface area contributed by atoms with Crippen molar-refractivity contribution in [3.05, 3.63) is 88.8 Å². The molecular weight excluding hydrogens is 466 g/mol. The van der Waals surface area contributed by atoms with Gasteiger partial charge in [0.2, 0.25) is 11.8 Å². The number of aromatic nitrogens is 2. The number of morpholine rings is 1. The molecule has 3 heterocycles. The molecule has 2 aliphatic heterocycles. The molecule has 186 valence electrons. The van der Waals surface area contributed by atoms with Crippen molar-refractivity contribution in [2.45, 2.75) is 12.5 Å². The number of hydrogen-bond donors (Lipinski definition) is 2. The van der Waals surface area contributed by atoms with Gasteiger partial charge in [-0.1, -0.05) is 42.5 Å². The number of rotatable bonds is 5. The van der Waals surface area contributed by atoms with Gasteiger partial charge in [0.05, 0.1) is 37.5 Å². The molecule has 3 aromatic carbocycles. The summed E-state index contributed by atoms with van der Waals surface area (Å²) in [6.45, 7) is 3.87. The Morgan fingerprint density at radius 1 is 1.11 bits per heavy atom. The highest BCUT2D eigenvalue weighted by Crippen LogP contribution is 2.46. The normalized spacial score (nSPS) is 17.8. The zero-order valence-electron chi connectivity index (χ0n) is 20.5. The molecule has 0 bridgehead atoms. The van der Waals surface area contributed by atoms with Gasteiger partial charge in [-0.25, -0.2) is 0 Å². The average molecular weight is 494 g/mol. The Morgan fingerprint density at radius 2 is 1.92 bits per heavy atom. The summed E-state index contributed by atoms with van der Waals surface area (Å²) in [5.41, 5.74) is 11.1. The molecule has 2 aliphatic rings. The van der Waals surface area contributed by atoms with E-state index in [-0.39, 0.29) is 5.88 Å². The minimum absolute atomic E-state index is 0.0714. The molecule has 1 atom stereocenters. The van der Waals surface area contributed by atoms with E-state index in [9.17, 15) is 5.26 Å². The molecule has 1 saturated heterocycles. The Bertz CT molecular complexity index is 1540. The molecular formula is C29H27N5O3. The van der Waals surface area contributed by atoms with Crippen molar-refractivity contribution in [2.24, 2.45) is 5.73 Å². The third-order valence-corrected chi connectivity index (χ3v) is 7.11. The lowest BCUT2D eigenvalue weighted by Gasteiger charge is -2.28. The molecule has 0 saturated carbocycles. The number of ether oxygens (including phenoxy) is 3. The largest absolute Gasteiger partial charge is 0.496 e. The van der Waals surface area contributed by atoms with Gasteiger partial charge in [0.25, 0.3) is 0 Å². The second-order valence-corrected chi connectivity index (χ2v) is 9.26. The molecule has 0 spiro atoms. The Labute approximate surface area is 214 Å². The molecule has 1 aromatic heterocycles. The van der Waals surface area contributed by atoms with Gasteiger partial charge in [-0.3, -0.25) is 10.00 Å². The van der Waals surface area contributed by atoms with Gasteiger partial charge in [-0.05, 0) is 34.5 Å². The fraction of sp³-hybridized carbons (Fsp3) is 0.241. The van der Waals surface area contributed by atoms with Crippen LogP contribution in [0.15, 0.2) is 72.1 Å².